The molecule has 0 aromatic heterocycles. The van der Waals surface area contributed by atoms with Crippen molar-refractivity contribution in [1.29, 1.82) is 0 Å². The van der Waals surface area contributed by atoms with Gasteiger partial charge in [-0.2, -0.15) is 0 Å². The van der Waals surface area contributed by atoms with Gasteiger partial charge in [-0.15, -0.1) is 0 Å². The van der Waals surface area contributed by atoms with Crippen LogP contribution in [0.3, 0.4) is 0 Å². The van der Waals surface area contributed by atoms with Crippen LogP contribution in [0.2, 0.25) is 5.02 Å². The van der Waals surface area contributed by atoms with Crippen LogP contribution < -0.4 is 5.32 Å². The molecule has 0 aliphatic heterocycles. The first kappa shape index (κ1) is 16.7. The molecule has 0 spiro atoms. The van der Waals surface area contributed by atoms with Gasteiger partial charge in [-0.1, -0.05) is 60.1 Å². The van der Waals surface area contributed by atoms with Gasteiger partial charge in [-0.3, -0.25) is 9.00 Å². The van der Waals surface area contributed by atoms with E-state index in [4.69, 9.17) is 11.6 Å². The van der Waals surface area contributed by atoms with Crippen LogP contribution in [0.4, 0.5) is 0 Å². The molecule has 0 saturated carbocycles. The van der Waals surface area contributed by atoms with Crippen molar-refractivity contribution < 1.29 is 9.00 Å². The van der Waals surface area contributed by atoms with Crippen molar-refractivity contribution in [2.75, 3.05) is 0 Å². The summed E-state index contributed by atoms with van der Waals surface area (Å²) in [6, 6.07) is 16.9. The lowest BCUT2D eigenvalue weighted by Crippen LogP contribution is -2.35. The van der Waals surface area contributed by atoms with E-state index < -0.39 is 16.0 Å². The smallest absolute Gasteiger partial charge is 0.235 e. The molecule has 2 atom stereocenters. The summed E-state index contributed by atoms with van der Waals surface area (Å²) in [7, 11) is -1.31. The van der Waals surface area contributed by atoms with Gasteiger partial charge in [0, 0.05) is 22.4 Å². The molecule has 1 N–H and O–H groups in total. The molecule has 0 heterocycles. The largest absolute Gasteiger partial charge is 0.351 e. The minimum Gasteiger partial charge on any atom is -0.351 e. The summed E-state index contributed by atoms with van der Waals surface area (Å²) in [5.41, 5.74) is 1.81. The monoisotopic (exact) mass is 335 g/mol. The zero-order valence-corrected chi connectivity index (χ0v) is 13.9. The van der Waals surface area contributed by atoms with Crippen molar-refractivity contribution in [3.8, 4) is 0 Å². The molecule has 2 aromatic rings. The van der Waals surface area contributed by atoms with Gasteiger partial charge in [-0.05, 0) is 24.1 Å². The predicted molar refractivity (Wildman–Crippen MR) is 91.0 cm³/mol. The van der Waals surface area contributed by atoms with E-state index in [1.807, 2.05) is 48.5 Å². The van der Waals surface area contributed by atoms with E-state index in [9.17, 15) is 9.00 Å². The lowest BCUT2D eigenvalue weighted by atomic mass is 10.2. The zero-order chi connectivity index (χ0) is 15.9. The Kier molecular flexibility index (Phi) is 6.16. The number of benzene rings is 2. The van der Waals surface area contributed by atoms with Crippen molar-refractivity contribution in [1.82, 2.24) is 5.32 Å². The van der Waals surface area contributed by atoms with Gasteiger partial charge in [0.25, 0.3) is 0 Å². The minimum atomic E-state index is -1.31. The van der Waals surface area contributed by atoms with E-state index in [1.54, 1.807) is 13.0 Å². The number of hydrogen-bond donors (Lipinski definition) is 1. The van der Waals surface area contributed by atoms with Gasteiger partial charge >= 0.3 is 0 Å². The summed E-state index contributed by atoms with van der Waals surface area (Å²) in [5.74, 6) is 0.0637. The number of nitrogens with one attached hydrogen (secondary N) is 1. The van der Waals surface area contributed by atoms with Crippen LogP contribution >= 0.6 is 11.6 Å². The fourth-order valence-electron chi connectivity index (χ4n) is 1.94. The van der Waals surface area contributed by atoms with Crippen molar-refractivity contribution >= 4 is 28.3 Å². The fourth-order valence-corrected chi connectivity index (χ4v) is 3.35. The number of carbonyl (C=O) groups excluding carboxylic acids is 1. The van der Waals surface area contributed by atoms with Gasteiger partial charge in [-0.25, -0.2) is 0 Å². The highest BCUT2D eigenvalue weighted by Gasteiger charge is 2.20. The van der Waals surface area contributed by atoms with E-state index in [2.05, 4.69) is 5.32 Å². The maximum Gasteiger partial charge on any atom is 0.235 e. The molecule has 2 aromatic carbocycles. The highest BCUT2D eigenvalue weighted by molar-refractivity contribution is 7.85. The highest BCUT2D eigenvalue weighted by atomic mass is 35.5. The van der Waals surface area contributed by atoms with Crippen LogP contribution in [0.25, 0.3) is 0 Å². The number of amides is 1. The molecule has 0 radical (unpaired) electrons. The Balaban J connectivity index is 1.90. The molecule has 0 aliphatic carbocycles. The molecule has 0 bridgehead atoms. The average Bonchev–Trinajstić information content (AvgIpc) is 2.55. The number of rotatable bonds is 6. The van der Waals surface area contributed by atoms with Crippen LogP contribution in [-0.4, -0.2) is 15.4 Å². The van der Waals surface area contributed by atoms with Crippen molar-refractivity contribution in [2.45, 2.75) is 24.5 Å². The molecule has 0 aliphatic rings. The summed E-state index contributed by atoms with van der Waals surface area (Å²) in [6.45, 7) is 2.11. The summed E-state index contributed by atoms with van der Waals surface area (Å²) < 4.78 is 12.3. The summed E-state index contributed by atoms with van der Waals surface area (Å²) in [4.78, 5) is 12.1. The van der Waals surface area contributed by atoms with Crippen LogP contribution in [0.15, 0.2) is 54.6 Å². The van der Waals surface area contributed by atoms with Crippen molar-refractivity contribution in [3.63, 3.8) is 0 Å². The summed E-state index contributed by atoms with van der Waals surface area (Å²) in [6.07, 6.45) is 0. The topological polar surface area (TPSA) is 46.2 Å². The average molecular weight is 336 g/mol. The molecule has 5 heteroatoms. The molecule has 0 saturated heterocycles. The zero-order valence-electron chi connectivity index (χ0n) is 12.3. The van der Waals surface area contributed by atoms with Crippen molar-refractivity contribution in [3.05, 3.63) is 70.7 Å². The first-order valence-corrected chi connectivity index (χ1v) is 8.76. The second-order valence-corrected chi connectivity index (χ2v) is 7.13. The number of hydrogen-bond acceptors (Lipinski definition) is 2. The molecule has 0 unspecified atom stereocenters. The van der Waals surface area contributed by atoms with Gasteiger partial charge in [0.05, 0.1) is 5.75 Å². The van der Waals surface area contributed by atoms with E-state index in [0.717, 1.165) is 11.1 Å². The normalized spacial score (nSPS) is 13.4. The Morgan fingerprint density at radius 3 is 2.45 bits per heavy atom. The molecule has 0 fully saturated rings. The van der Waals surface area contributed by atoms with Gasteiger partial charge in [0.1, 0.15) is 5.25 Å². The Morgan fingerprint density at radius 1 is 1.14 bits per heavy atom. The van der Waals surface area contributed by atoms with Gasteiger partial charge < -0.3 is 5.32 Å². The Labute approximate surface area is 138 Å². The Morgan fingerprint density at radius 2 is 1.77 bits per heavy atom. The van der Waals surface area contributed by atoms with E-state index in [-0.39, 0.29) is 11.7 Å². The van der Waals surface area contributed by atoms with Gasteiger partial charge in [0.15, 0.2) is 0 Å². The Bertz CT molecular complexity index is 661. The van der Waals surface area contributed by atoms with Gasteiger partial charge in [0.2, 0.25) is 5.91 Å². The fraction of sp³-hybridized carbons (Fsp3) is 0.235. The molecular weight excluding hydrogens is 318 g/mol. The first-order chi connectivity index (χ1) is 10.6. The minimum absolute atomic E-state index is 0.214. The molecule has 2 rings (SSSR count). The highest BCUT2D eigenvalue weighted by Crippen LogP contribution is 2.18. The van der Waals surface area contributed by atoms with Crippen LogP contribution in [0.5, 0.6) is 0 Å². The predicted octanol–water partition coefficient (Wildman–Crippen LogP) is 3.29. The molecule has 3 nitrogen and oxygen atoms in total. The number of halogens is 1. The molecular formula is C17H18ClNO2S. The lowest BCUT2D eigenvalue weighted by molar-refractivity contribution is -0.120. The molecule has 116 valence electrons. The maximum absolute atomic E-state index is 12.3. The van der Waals surface area contributed by atoms with Crippen LogP contribution in [0.1, 0.15) is 18.1 Å². The number of carbonyl (C=O) groups is 1. The first-order valence-electron chi connectivity index (χ1n) is 7.00. The van der Waals surface area contributed by atoms with Crippen molar-refractivity contribution in [2.24, 2.45) is 0 Å². The third kappa shape index (κ3) is 4.68. The SMILES string of the molecule is C[C@@H](C(=O)NCc1ccccc1)[S@@](=O)Cc1ccccc1Cl. The molecule has 22 heavy (non-hydrogen) atoms. The maximum atomic E-state index is 12.3. The third-order valence-electron chi connectivity index (χ3n) is 3.33. The second kappa shape index (κ2) is 8.11. The van der Waals surface area contributed by atoms with E-state index in [1.165, 1.54) is 0 Å². The summed E-state index contributed by atoms with van der Waals surface area (Å²) in [5, 5.41) is 2.81. The quantitative estimate of drug-likeness (QED) is 0.880. The summed E-state index contributed by atoms with van der Waals surface area (Å²) >= 11 is 6.06. The lowest BCUT2D eigenvalue weighted by Gasteiger charge is -2.13. The van der Waals surface area contributed by atoms with Crippen LogP contribution in [-0.2, 0) is 27.9 Å². The Hall–Kier alpha value is -1.65. The second-order valence-electron chi connectivity index (χ2n) is 4.96. The standard InChI is InChI=1S/C17H18ClNO2S/c1-13(17(20)19-11-14-7-3-2-4-8-14)22(21)12-15-9-5-6-10-16(15)18/h2-10,13H,11-12H2,1H3,(H,19,20)/t13-,22-/m0/s1. The van der Waals surface area contributed by atoms with E-state index >= 15 is 0 Å². The third-order valence-corrected chi connectivity index (χ3v) is 5.30. The van der Waals surface area contributed by atoms with Crippen LogP contribution in [0, 0.1) is 0 Å². The van der Waals surface area contributed by atoms with E-state index in [0.29, 0.717) is 11.6 Å². The molecule has 1 amide bonds.